The highest BCUT2D eigenvalue weighted by Gasteiger charge is 2.15. The number of aliphatic hydroxyl groups excluding tert-OH is 1. The maximum atomic E-state index is 11.5. The molecule has 8 heteroatoms. The number of hydrogen-bond acceptors (Lipinski definition) is 6. The van der Waals surface area contributed by atoms with Crippen LogP contribution in [0.2, 0.25) is 0 Å². The molecule has 0 heterocycles. The molecule has 2 atom stereocenters. The van der Waals surface area contributed by atoms with Crippen molar-refractivity contribution in [2.24, 2.45) is 0 Å². The summed E-state index contributed by atoms with van der Waals surface area (Å²) in [5.41, 5.74) is 0. The van der Waals surface area contributed by atoms with Gasteiger partial charge in [0.25, 0.3) is 7.82 Å². The number of ether oxygens (including phenoxy) is 1. The lowest BCUT2D eigenvalue weighted by Gasteiger charge is -2.27. The van der Waals surface area contributed by atoms with E-state index in [4.69, 9.17) is 9.26 Å². The highest BCUT2D eigenvalue weighted by molar-refractivity contribution is 7.45. The van der Waals surface area contributed by atoms with Gasteiger partial charge in [0.15, 0.2) is 0 Å². The van der Waals surface area contributed by atoms with Crippen LogP contribution in [0.1, 0.15) is 39.0 Å². The Labute approximate surface area is 140 Å². The fraction of sp³-hybridized carbons (Fsp3) is 1.00. The molecule has 23 heavy (non-hydrogen) atoms. The molecule has 0 amide bonds. The van der Waals surface area contributed by atoms with Gasteiger partial charge >= 0.3 is 0 Å². The van der Waals surface area contributed by atoms with Crippen LogP contribution in [0.4, 0.5) is 0 Å². The van der Waals surface area contributed by atoms with E-state index in [1.807, 2.05) is 21.1 Å². The van der Waals surface area contributed by atoms with Crippen LogP contribution in [0.5, 0.6) is 0 Å². The van der Waals surface area contributed by atoms with Crippen molar-refractivity contribution in [2.75, 3.05) is 54.1 Å². The van der Waals surface area contributed by atoms with Gasteiger partial charge in [-0.3, -0.25) is 4.57 Å². The number of rotatable bonds is 15. The van der Waals surface area contributed by atoms with Gasteiger partial charge in [0, 0.05) is 6.61 Å². The molecule has 0 rings (SSSR count). The van der Waals surface area contributed by atoms with Crippen LogP contribution in [0, 0.1) is 0 Å². The Kier molecular flexibility index (Phi) is 12.4. The average Bonchev–Trinajstić information content (AvgIpc) is 2.42. The summed E-state index contributed by atoms with van der Waals surface area (Å²) in [6.45, 7) is 3.03. The van der Waals surface area contributed by atoms with Gasteiger partial charge in [0.2, 0.25) is 0 Å². The SMILES string of the molecule is CCCCCCCOCC(O)COP(=O)([O-])OCC[N+](C)(C)C. The van der Waals surface area contributed by atoms with Crippen LogP contribution < -0.4 is 4.89 Å². The van der Waals surface area contributed by atoms with Gasteiger partial charge < -0.3 is 28.3 Å². The largest absolute Gasteiger partial charge is 0.756 e. The molecule has 0 aliphatic carbocycles. The van der Waals surface area contributed by atoms with E-state index in [2.05, 4.69) is 11.4 Å². The number of quaternary nitrogens is 1. The van der Waals surface area contributed by atoms with Gasteiger partial charge in [-0.15, -0.1) is 0 Å². The summed E-state index contributed by atoms with van der Waals surface area (Å²) in [6.07, 6.45) is 4.69. The third-order valence-corrected chi connectivity index (χ3v) is 4.10. The number of hydrogen-bond donors (Lipinski definition) is 1. The van der Waals surface area contributed by atoms with Gasteiger partial charge in [-0.25, -0.2) is 0 Å². The van der Waals surface area contributed by atoms with E-state index in [1.54, 1.807) is 0 Å². The second-order valence-electron chi connectivity index (χ2n) is 6.73. The summed E-state index contributed by atoms with van der Waals surface area (Å²) in [5.74, 6) is 0. The number of phosphoric acid groups is 1. The predicted molar refractivity (Wildman–Crippen MR) is 88.0 cm³/mol. The fourth-order valence-corrected chi connectivity index (χ4v) is 2.45. The molecule has 0 fully saturated rings. The zero-order valence-electron chi connectivity index (χ0n) is 15.0. The Balaban J connectivity index is 3.66. The van der Waals surface area contributed by atoms with Gasteiger partial charge in [-0.2, -0.15) is 0 Å². The predicted octanol–water partition coefficient (Wildman–Crippen LogP) is 1.54. The molecule has 0 saturated heterocycles. The van der Waals surface area contributed by atoms with Crippen LogP contribution in [0.3, 0.4) is 0 Å². The van der Waals surface area contributed by atoms with Crippen LogP contribution in [-0.2, 0) is 18.3 Å². The fourth-order valence-electron chi connectivity index (χ4n) is 1.72. The van der Waals surface area contributed by atoms with E-state index in [-0.39, 0.29) is 19.8 Å². The molecule has 0 aliphatic rings. The smallest absolute Gasteiger partial charge is 0.268 e. The summed E-state index contributed by atoms with van der Waals surface area (Å²) >= 11 is 0. The van der Waals surface area contributed by atoms with E-state index < -0.39 is 13.9 Å². The Bertz CT molecular complexity index is 334. The van der Waals surface area contributed by atoms with Crippen molar-refractivity contribution >= 4 is 7.82 Å². The van der Waals surface area contributed by atoms with Crippen molar-refractivity contribution in [3.8, 4) is 0 Å². The van der Waals surface area contributed by atoms with Gasteiger partial charge in [-0.1, -0.05) is 32.6 Å². The second-order valence-corrected chi connectivity index (χ2v) is 8.14. The van der Waals surface area contributed by atoms with E-state index in [9.17, 15) is 14.6 Å². The van der Waals surface area contributed by atoms with Gasteiger partial charge in [-0.05, 0) is 6.42 Å². The Morgan fingerprint density at radius 2 is 1.70 bits per heavy atom. The normalized spacial score (nSPS) is 16.3. The summed E-state index contributed by atoms with van der Waals surface area (Å²) in [5, 5.41) is 9.64. The Morgan fingerprint density at radius 3 is 2.30 bits per heavy atom. The first kappa shape index (κ1) is 23.0. The zero-order valence-corrected chi connectivity index (χ0v) is 15.9. The summed E-state index contributed by atoms with van der Waals surface area (Å²) in [7, 11) is 1.44. The molecule has 0 spiro atoms. The summed E-state index contributed by atoms with van der Waals surface area (Å²) < 4.78 is 26.8. The lowest BCUT2D eigenvalue weighted by Crippen LogP contribution is -2.37. The van der Waals surface area contributed by atoms with Crippen molar-refractivity contribution < 1.29 is 32.8 Å². The molecule has 140 valence electrons. The number of aliphatic hydroxyl groups is 1. The van der Waals surface area contributed by atoms with E-state index in [0.29, 0.717) is 17.6 Å². The third kappa shape index (κ3) is 16.6. The zero-order chi connectivity index (χ0) is 17.8. The van der Waals surface area contributed by atoms with Crippen molar-refractivity contribution in [3.05, 3.63) is 0 Å². The first-order valence-corrected chi connectivity index (χ1v) is 9.79. The lowest BCUT2D eigenvalue weighted by atomic mass is 10.2. The molecule has 0 aromatic carbocycles. The van der Waals surface area contributed by atoms with Crippen LogP contribution in [0.15, 0.2) is 0 Å². The van der Waals surface area contributed by atoms with Crippen molar-refractivity contribution in [2.45, 2.75) is 45.1 Å². The van der Waals surface area contributed by atoms with E-state index in [0.717, 1.165) is 12.8 Å². The number of unbranched alkanes of at least 4 members (excludes halogenated alkanes) is 4. The van der Waals surface area contributed by atoms with Crippen LogP contribution in [0.25, 0.3) is 0 Å². The quantitative estimate of drug-likeness (QED) is 0.272. The average molecular weight is 355 g/mol. The van der Waals surface area contributed by atoms with Crippen LogP contribution >= 0.6 is 7.82 Å². The Hall–Kier alpha value is -0.0100. The number of likely N-dealkylation sites (N-methyl/N-ethyl adjacent to an activating group) is 1. The van der Waals surface area contributed by atoms with E-state index in [1.165, 1.54) is 19.3 Å². The minimum atomic E-state index is -4.37. The maximum absolute atomic E-state index is 11.5. The third-order valence-electron chi connectivity index (χ3n) is 3.14. The standard InChI is InChI=1S/C15H34NO6P/c1-5-6-7-8-9-11-20-13-15(17)14-22-23(18,19)21-12-10-16(2,3)4/h15,17H,5-14H2,1-4H3. The summed E-state index contributed by atoms with van der Waals surface area (Å²) in [4.78, 5) is 11.5. The topological polar surface area (TPSA) is 88.0 Å². The number of phosphoric ester groups is 1. The molecule has 2 unspecified atom stereocenters. The van der Waals surface area contributed by atoms with Gasteiger partial charge in [0.1, 0.15) is 19.3 Å². The number of nitrogens with zero attached hydrogens (tertiary/aromatic N) is 1. The molecule has 0 radical (unpaired) electrons. The molecule has 0 aromatic heterocycles. The first-order chi connectivity index (χ1) is 10.7. The van der Waals surface area contributed by atoms with Crippen LogP contribution in [-0.4, -0.2) is 69.8 Å². The Morgan fingerprint density at radius 1 is 1.04 bits per heavy atom. The second kappa shape index (κ2) is 12.4. The van der Waals surface area contributed by atoms with Crippen molar-refractivity contribution in [1.29, 1.82) is 0 Å². The monoisotopic (exact) mass is 355 g/mol. The van der Waals surface area contributed by atoms with Crippen molar-refractivity contribution in [1.82, 2.24) is 0 Å². The van der Waals surface area contributed by atoms with Crippen molar-refractivity contribution in [3.63, 3.8) is 0 Å². The molecular weight excluding hydrogens is 321 g/mol. The maximum Gasteiger partial charge on any atom is 0.268 e. The van der Waals surface area contributed by atoms with Gasteiger partial charge in [0.05, 0.1) is 34.4 Å². The van der Waals surface area contributed by atoms with E-state index >= 15 is 0 Å². The molecule has 0 saturated carbocycles. The highest BCUT2D eigenvalue weighted by Crippen LogP contribution is 2.38. The molecule has 0 aromatic rings. The molecule has 7 nitrogen and oxygen atoms in total. The minimum absolute atomic E-state index is 0.0502. The molecule has 0 aliphatic heterocycles. The highest BCUT2D eigenvalue weighted by atomic mass is 31.2. The summed E-state index contributed by atoms with van der Waals surface area (Å²) in [6, 6.07) is 0. The minimum Gasteiger partial charge on any atom is -0.756 e. The molecular formula is C15H34NO6P. The molecule has 1 N–H and O–H groups in total. The lowest BCUT2D eigenvalue weighted by molar-refractivity contribution is -0.870. The molecule has 0 bridgehead atoms. The first-order valence-electron chi connectivity index (χ1n) is 8.32.